The minimum absolute atomic E-state index is 0.0343. The van der Waals surface area contributed by atoms with Crippen LogP contribution in [0.1, 0.15) is 66.7 Å². The van der Waals surface area contributed by atoms with Gasteiger partial charge in [-0.25, -0.2) is 0 Å². The number of hydrogen-bond donors (Lipinski definition) is 2. The Bertz CT molecular complexity index is 462. The molecule has 0 aromatic heterocycles. The molecule has 3 nitrogen and oxygen atoms in total. The molecule has 1 unspecified atom stereocenters. The molecule has 1 aliphatic heterocycles. The van der Waals surface area contributed by atoms with E-state index in [1.807, 2.05) is 32.1 Å². The van der Waals surface area contributed by atoms with Crippen LogP contribution >= 0.6 is 0 Å². The first kappa shape index (κ1) is 18.7. The maximum absolute atomic E-state index is 10.5. The quantitative estimate of drug-likeness (QED) is 0.567. The van der Waals surface area contributed by atoms with Crippen molar-refractivity contribution in [3.8, 4) is 0 Å². The summed E-state index contributed by atoms with van der Waals surface area (Å²) in [5.74, 6) is 1.00. The van der Waals surface area contributed by atoms with Gasteiger partial charge in [-0.3, -0.25) is 0 Å². The van der Waals surface area contributed by atoms with Crippen molar-refractivity contribution in [2.45, 2.75) is 89.6 Å². The van der Waals surface area contributed by atoms with Gasteiger partial charge in [-0.05, 0) is 64.7 Å². The van der Waals surface area contributed by atoms with Crippen molar-refractivity contribution in [1.82, 2.24) is 0 Å². The van der Waals surface area contributed by atoms with Crippen molar-refractivity contribution in [2.75, 3.05) is 0 Å². The van der Waals surface area contributed by atoms with Gasteiger partial charge in [-0.1, -0.05) is 38.2 Å². The van der Waals surface area contributed by atoms with Gasteiger partial charge in [0.15, 0.2) is 0 Å². The summed E-state index contributed by atoms with van der Waals surface area (Å²) < 4.78 is 5.93. The van der Waals surface area contributed by atoms with Gasteiger partial charge in [-0.15, -0.1) is 0 Å². The summed E-state index contributed by atoms with van der Waals surface area (Å²) in [6.07, 6.45) is 12.3. The van der Waals surface area contributed by atoms with Crippen molar-refractivity contribution in [3.05, 3.63) is 24.3 Å². The lowest BCUT2D eigenvalue weighted by atomic mass is 9.84. The summed E-state index contributed by atoms with van der Waals surface area (Å²) in [5, 5.41) is 21.0. The molecular formula is C20H34O3. The van der Waals surface area contributed by atoms with Crippen LogP contribution in [0.3, 0.4) is 0 Å². The Hall–Kier alpha value is -0.640. The number of fused-ring (bicyclic) bond motifs is 1. The van der Waals surface area contributed by atoms with Crippen molar-refractivity contribution in [2.24, 2.45) is 11.8 Å². The van der Waals surface area contributed by atoms with E-state index in [1.165, 1.54) is 0 Å². The molecule has 1 aliphatic carbocycles. The SMILES string of the molecule is CC(C)C1/C=C/[C@](C)(O)C/C=C/[C@](C)(O)CC[C@@H]2O[C@@]2(C)CC1. The molecule has 2 rings (SSSR count). The first-order chi connectivity index (χ1) is 10.5. The number of ether oxygens (including phenoxy) is 1. The molecule has 0 saturated carbocycles. The van der Waals surface area contributed by atoms with E-state index in [2.05, 4.69) is 26.8 Å². The van der Waals surface area contributed by atoms with E-state index in [-0.39, 0.29) is 11.7 Å². The van der Waals surface area contributed by atoms with E-state index in [9.17, 15) is 10.2 Å². The van der Waals surface area contributed by atoms with Gasteiger partial charge >= 0.3 is 0 Å². The van der Waals surface area contributed by atoms with Gasteiger partial charge < -0.3 is 14.9 Å². The minimum Gasteiger partial charge on any atom is -0.386 e. The highest BCUT2D eigenvalue weighted by Crippen LogP contribution is 2.45. The first-order valence-electron chi connectivity index (χ1n) is 9.03. The Morgan fingerprint density at radius 2 is 1.70 bits per heavy atom. The Balaban J connectivity index is 2.16. The van der Waals surface area contributed by atoms with Crippen molar-refractivity contribution >= 4 is 0 Å². The van der Waals surface area contributed by atoms with Crippen LogP contribution in [0.5, 0.6) is 0 Å². The zero-order valence-corrected chi connectivity index (χ0v) is 15.4. The molecule has 0 aromatic rings. The lowest BCUT2D eigenvalue weighted by molar-refractivity contribution is 0.0932. The Morgan fingerprint density at radius 1 is 1.00 bits per heavy atom. The number of aliphatic hydroxyl groups is 2. The van der Waals surface area contributed by atoms with E-state index in [1.54, 1.807) is 0 Å². The molecule has 1 fully saturated rings. The average Bonchev–Trinajstić information content (AvgIpc) is 3.06. The molecule has 0 aromatic carbocycles. The molecule has 2 aliphatic rings. The molecule has 1 heterocycles. The second-order valence-corrected chi connectivity index (χ2v) is 8.58. The van der Waals surface area contributed by atoms with Gasteiger partial charge in [0, 0.05) is 0 Å². The second kappa shape index (κ2) is 6.70. The molecular weight excluding hydrogens is 288 g/mol. The Kier molecular flexibility index (Phi) is 5.44. The topological polar surface area (TPSA) is 53.0 Å². The predicted octanol–water partition coefficient (Wildman–Crippen LogP) is 3.99. The fourth-order valence-corrected chi connectivity index (χ4v) is 3.44. The molecule has 2 N–H and O–H groups in total. The summed E-state index contributed by atoms with van der Waals surface area (Å²) in [5.41, 5.74) is -1.74. The normalized spacial score (nSPS) is 48.3. The molecule has 132 valence electrons. The van der Waals surface area contributed by atoms with Crippen LogP contribution in [0.25, 0.3) is 0 Å². The van der Waals surface area contributed by atoms with E-state index < -0.39 is 11.2 Å². The van der Waals surface area contributed by atoms with Gasteiger partial charge in [0.1, 0.15) is 0 Å². The molecule has 23 heavy (non-hydrogen) atoms. The fourth-order valence-electron chi connectivity index (χ4n) is 3.44. The van der Waals surface area contributed by atoms with Crippen LogP contribution in [-0.2, 0) is 4.74 Å². The van der Waals surface area contributed by atoms with Crippen molar-refractivity contribution in [3.63, 3.8) is 0 Å². The maximum Gasteiger partial charge on any atom is 0.0920 e. The summed E-state index contributed by atoms with van der Waals surface area (Å²) in [7, 11) is 0. The largest absolute Gasteiger partial charge is 0.386 e. The number of rotatable bonds is 1. The molecule has 0 radical (unpaired) electrons. The lowest BCUT2D eigenvalue weighted by Crippen LogP contribution is -2.25. The molecule has 3 heteroatoms. The van der Waals surface area contributed by atoms with Gasteiger partial charge in [0.05, 0.1) is 22.9 Å². The highest BCUT2D eigenvalue weighted by Gasteiger charge is 2.51. The van der Waals surface area contributed by atoms with Gasteiger partial charge in [0.2, 0.25) is 0 Å². The fraction of sp³-hybridized carbons (Fsp3) is 0.800. The first-order valence-corrected chi connectivity index (χ1v) is 9.03. The molecule has 0 bridgehead atoms. The molecule has 5 atom stereocenters. The second-order valence-electron chi connectivity index (χ2n) is 8.58. The van der Waals surface area contributed by atoms with E-state index in [0.717, 1.165) is 19.3 Å². The van der Waals surface area contributed by atoms with Gasteiger partial charge in [-0.2, -0.15) is 0 Å². The Labute approximate surface area is 141 Å². The third kappa shape index (κ3) is 5.44. The van der Waals surface area contributed by atoms with Crippen LogP contribution in [0.2, 0.25) is 0 Å². The third-order valence-corrected chi connectivity index (χ3v) is 5.49. The van der Waals surface area contributed by atoms with Crippen LogP contribution in [0.15, 0.2) is 24.3 Å². The summed E-state index contributed by atoms with van der Waals surface area (Å²) in [6, 6.07) is 0. The summed E-state index contributed by atoms with van der Waals surface area (Å²) in [6.45, 7) is 10.3. The van der Waals surface area contributed by atoms with Crippen molar-refractivity contribution in [1.29, 1.82) is 0 Å². The van der Waals surface area contributed by atoms with E-state index >= 15 is 0 Å². The Morgan fingerprint density at radius 3 is 2.35 bits per heavy atom. The average molecular weight is 322 g/mol. The van der Waals surface area contributed by atoms with Gasteiger partial charge in [0.25, 0.3) is 0 Å². The third-order valence-electron chi connectivity index (χ3n) is 5.49. The monoisotopic (exact) mass is 322 g/mol. The highest BCUT2D eigenvalue weighted by atomic mass is 16.6. The number of allylic oxidation sites excluding steroid dienone is 1. The van der Waals surface area contributed by atoms with E-state index in [4.69, 9.17) is 4.74 Å². The minimum atomic E-state index is -0.869. The molecule has 0 spiro atoms. The standard InChI is InChI=1S/C20H34O3/c1-15(2)16-7-12-18(3,21)10-6-11-19(4,22)13-9-17-20(5,23-17)14-8-16/h6-7,11-12,15-17,21-22H,8-10,13-14H2,1-5H3/b11-6+,12-7+/t16?,17-,18+,19-,20-/m0/s1. The van der Waals surface area contributed by atoms with Crippen molar-refractivity contribution < 1.29 is 14.9 Å². The highest BCUT2D eigenvalue weighted by molar-refractivity contribution is 5.10. The molecule has 0 amide bonds. The lowest BCUT2D eigenvalue weighted by Gasteiger charge is -2.24. The zero-order valence-electron chi connectivity index (χ0n) is 15.4. The van der Waals surface area contributed by atoms with E-state index in [0.29, 0.717) is 24.7 Å². The van der Waals surface area contributed by atoms with Crippen LogP contribution in [-0.4, -0.2) is 33.1 Å². The van der Waals surface area contributed by atoms with Crippen LogP contribution in [0, 0.1) is 11.8 Å². The summed E-state index contributed by atoms with van der Waals surface area (Å²) >= 11 is 0. The summed E-state index contributed by atoms with van der Waals surface area (Å²) in [4.78, 5) is 0. The predicted molar refractivity (Wildman–Crippen MR) is 94.2 cm³/mol. The zero-order chi connectivity index (χ0) is 17.3. The maximum atomic E-state index is 10.5. The number of hydrogen-bond acceptors (Lipinski definition) is 3. The smallest absolute Gasteiger partial charge is 0.0920 e. The van der Waals surface area contributed by atoms with Crippen LogP contribution in [0.4, 0.5) is 0 Å². The molecule has 1 saturated heterocycles. The van der Waals surface area contributed by atoms with Crippen LogP contribution < -0.4 is 0 Å². The number of epoxide rings is 1.